The summed E-state index contributed by atoms with van der Waals surface area (Å²) in [4.78, 5) is 24.8. The zero-order chi connectivity index (χ0) is 14.3. The second kappa shape index (κ2) is 7.78. The molecule has 6 heteroatoms. The predicted octanol–water partition coefficient (Wildman–Crippen LogP) is 0.799. The Labute approximate surface area is 113 Å². The summed E-state index contributed by atoms with van der Waals surface area (Å²) in [6, 6.07) is -0.987. The van der Waals surface area contributed by atoms with Gasteiger partial charge in [-0.3, -0.25) is 4.90 Å². The van der Waals surface area contributed by atoms with Gasteiger partial charge in [-0.05, 0) is 32.4 Å². The second-order valence-electron chi connectivity index (χ2n) is 4.69. The minimum absolute atomic E-state index is 0.216. The summed E-state index contributed by atoms with van der Waals surface area (Å²) in [5.41, 5.74) is 0. The maximum Gasteiger partial charge on any atom is 0.326 e. The van der Waals surface area contributed by atoms with Crippen LogP contribution < -0.4 is 10.6 Å². The third-order valence-corrected chi connectivity index (χ3v) is 3.41. The van der Waals surface area contributed by atoms with Crippen molar-refractivity contribution in [1.82, 2.24) is 15.5 Å². The Morgan fingerprint density at radius 1 is 1.58 bits per heavy atom. The number of carboxylic acids is 1. The molecule has 1 fully saturated rings. The molecule has 0 aliphatic carbocycles. The molecule has 2 amide bonds. The average molecular weight is 269 g/mol. The molecule has 1 heterocycles. The molecule has 2 unspecified atom stereocenters. The van der Waals surface area contributed by atoms with Gasteiger partial charge in [-0.25, -0.2) is 9.59 Å². The number of likely N-dealkylation sites (tertiary alicyclic amines) is 1. The number of nitrogens with one attached hydrogen (secondary N) is 2. The van der Waals surface area contributed by atoms with E-state index in [0.717, 1.165) is 25.9 Å². The average Bonchev–Trinajstić information content (AvgIpc) is 2.83. The Morgan fingerprint density at radius 3 is 2.89 bits per heavy atom. The number of rotatable bonds is 7. The lowest BCUT2D eigenvalue weighted by Gasteiger charge is -2.23. The molecule has 1 aliphatic rings. The van der Waals surface area contributed by atoms with Crippen molar-refractivity contribution in [3.05, 3.63) is 12.7 Å². The zero-order valence-corrected chi connectivity index (χ0v) is 11.4. The number of urea groups is 1. The highest BCUT2D eigenvalue weighted by Gasteiger charge is 2.24. The maximum absolute atomic E-state index is 11.6. The van der Waals surface area contributed by atoms with E-state index in [1.807, 2.05) is 0 Å². The standard InChI is InChI=1S/C13H23N3O3/c1-3-6-11(12(17)18)15-13(19)14-9-10-7-5-8-16(10)4-2/h3,10-11H,1,4-9H2,2H3,(H,17,18)(H2,14,15,19). The van der Waals surface area contributed by atoms with Crippen LogP contribution in [0.1, 0.15) is 26.2 Å². The second-order valence-corrected chi connectivity index (χ2v) is 4.69. The molecule has 0 saturated carbocycles. The van der Waals surface area contributed by atoms with E-state index in [1.54, 1.807) is 0 Å². The summed E-state index contributed by atoms with van der Waals surface area (Å²) < 4.78 is 0. The van der Waals surface area contributed by atoms with E-state index in [4.69, 9.17) is 5.11 Å². The van der Waals surface area contributed by atoms with E-state index in [1.165, 1.54) is 6.08 Å². The Bertz CT molecular complexity index is 333. The van der Waals surface area contributed by atoms with Crippen LogP contribution in [0.5, 0.6) is 0 Å². The third kappa shape index (κ3) is 4.90. The summed E-state index contributed by atoms with van der Waals surface area (Å²) in [6.07, 6.45) is 3.92. The molecule has 6 nitrogen and oxygen atoms in total. The van der Waals surface area contributed by atoms with Crippen molar-refractivity contribution in [3.8, 4) is 0 Å². The van der Waals surface area contributed by atoms with Crippen LogP contribution in [0.4, 0.5) is 4.79 Å². The summed E-state index contributed by atoms with van der Waals surface area (Å²) in [7, 11) is 0. The summed E-state index contributed by atoms with van der Waals surface area (Å²) in [6.45, 7) is 8.18. The molecule has 0 bridgehead atoms. The van der Waals surface area contributed by atoms with E-state index >= 15 is 0 Å². The number of aliphatic carboxylic acids is 1. The number of hydrogen-bond donors (Lipinski definition) is 3. The van der Waals surface area contributed by atoms with Gasteiger partial charge in [-0.2, -0.15) is 0 Å². The SMILES string of the molecule is C=CCC(NC(=O)NCC1CCCN1CC)C(=O)O. The third-order valence-electron chi connectivity index (χ3n) is 3.41. The van der Waals surface area contributed by atoms with Crippen molar-refractivity contribution in [2.75, 3.05) is 19.6 Å². The van der Waals surface area contributed by atoms with Gasteiger partial charge in [-0.15, -0.1) is 6.58 Å². The number of amides is 2. The minimum atomic E-state index is -1.05. The Balaban J connectivity index is 2.34. The quantitative estimate of drug-likeness (QED) is 0.597. The van der Waals surface area contributed by atoms with Crippen LogP contribution in [0.3, 0.4) is 0 Å². The van der Waals surface area contributed by atoms with Crippen LogP contribution in [0.25, 0.3) is 0 Å². The first kappa shape index (κ1) is 15.5. The fraction of sp³-hybridized carbons (Fsp3) is 0.692. The number of carbonyl (C=O) groups is 2. The van der Waals surface area contributed by atoms with Crippen LogP contribution in [0, 0.1) is 0 Å². The predicted molar refractivity (Wildman–Crippen MR) is 73.0 cm³/mol. The highest BCUT2D eigenvalue weighted by Crippen LogP contribution is 2.15. The molecule has 1 rings (SSSR count). The molecule has 0 spiro atoms. The van der Waals surface area contributed by atoms with Crippen molar-refractivity contribution >= 4 is 12.0 Å². The van der Waals surface area contributed by atoms with Crippen molar-refractivity contribution < 1.29 is 14.7 Å². The smallest absolute Gasteiger partial charge is 0.326 e. The van der Waals surface area contributed by atoms with Gasteiger partial charge in [0, 0.05) is 12.6 Å². The van der Waals surface area contributed by atoms with E-state index in [0.29, 0.717) is 12.6 Å². The fourth-order valence-electron chi connectivity index (χ4n) is 2.35. The van der Waals surface area contributed by atoms with Crippen LogP contribution in [0.2, 0.25) is 0 Å². The normalized spacial score (nSPS) is 20.8. The minimum Gasteiger partial charge on any atom is -0.480 e. The molecule has 0 aromatic heterocycles. The molecule has 0 radical (unpaired) electrons. The molecule has 108 valence electrons. The van der Waals surface area contributed by atoms with Crippen LogP contribution in [-0.4, -0.2) is 53.7 Å². The van der Waals surface area contributed by atoms with E-state index in [9.17, 15) is 9.59 Å². The lowest BCUT2D eigenvalue weighted by molar-refractivity contribution is -0.139. The van der Waals surface area contributed by atoms with Crippen molar-refractivity contribution in [1.29, 1.82) is 0 Å². The number of hydrogen-bond acceptors (Lipinski definition) is 3. The number of carbonyl (C=O) groups excluding carboxylic acids is 1. The first-order chi connectivity index (χ1) is 9.08. The number of carboxylic acid groups (broad SMARTS) is 1. The van der Waals surface area contributed by atoms with Crippen LogP contribution >= 0.6 is 0 Å². The van der Waals surface area contributed by atoms with Gasteiger partial charge in [0.05, 0.1) is 0 Å². The van der Waals surface area contributed by atoms with Gasteiger partial charge in [-0.1, -0.05) is 13.0 Å². The van der Waals surface area contributed by atoms with Gasteiger partial charge in [0.15, 0.2) is 0 Å². The summed E-state index contributed by atoms with van der Waals surface area (Å²) in [5, 5.41) is 14.1. The van der Waals surface area contributed by atoms with E-state index < -0.39 is 18.0 Å². The Morgan fingerprint density at radius 2 is 2.32 bits per heavy atom. The molecule has 2 atom stereocenters. The fourth-order valence-corrected chi connectivity index (χ4v) is 2.35. The molecule has 1 aliphatic heterocycles. The van der Waals surface area contributed by atoms with E-state index in [2.05, 4.69) is 29.0 Å². The van der Waals surface area contributed by atoms with Crippen LogP contribution in [0.15, 0.2) is 12.7 Å². The largest absolute Gasteiger partial charge is 0.480 e. The zero-order valence-electron chi connectivity index (χ0n) is 11.4. The Hall–Kier alpha value is -1.56. The lowest BCUT2D eigenvalue weighted by Crippen LogP contribution is -2.49. The van der Waals surface area contributed by atoms with Gasteiger partial charge < -0.3 is 15.7 Å². The lowest BCUT2D eigenvalue weighted by atomic mass is 10.2. The maximum atomic E-state index is 11.6. The molecular weight excluding hydrogens is 246 g/mol. The highest BCUT2D eigenvalue weighted by atomic mass is 16.4. The molecule has 3 N–H and O–H groups in total. The molecule has 1 saturated heterocycles. The molecule has 0 aromatic rings. The molecular formula is C13H23N3O3. The molecule has 19 heavy (non-hydrogen) atoms. The van der Waals surface area contributed by atoms with E-state index in [-0.39, 0.29) is 6.42 Å². The van der Waals surface area contributed by atoms with Crippen molar-refractivity contribution in [3.63, 3.8) is 0 Å². The summed E-state index contributed by atoms with van der Waals surface area (Å²) >= 11 is 0. The topological polar surface area (TPSA) is 81.7 Å². The highest BCUT2D eigenvalue weighted by molar-refractivity contribution is 5.82. The van der Waals surface area contributed by atoms with Gasteiger partial charge >= 0.3 is 12.0 Å². The number of likely N-dealkylation sites (N-methyl/N-ethyl adjacent to an activating group) is 1. The Kier molecular flexibility index (Phi) is 6.35. The first-order valence-electron chi connectivity index (χ1n) is 6.70. The van der Waals surface area contributed by atoms with Gasteiger partial charge in [0.1, 0.15) is 6.04 Å². The summed E-state index contributed by atoms with van der Waals surface area (Å²) in [5.74, 6) is -1.05. The van der Waals surface area contributed by atoms with Crippen LogP contribution in [-0.2, 0) is 4.79 Å². The number of nitrogens with zero attached hydrogens (tertiary/aromatic N) is 1. The monoisotopic (exact) mass is 269 g/mol. The van der Waals surface area contributed by atoms with Crippen molar-refractivity contribution in [2.45, 2.75) is 38.3 Å². The van der Waals surface area contributed by atoms with Gasteiger partial charge in [0.25, 0.3) is 0 Å². The molecule has 0 aromatic carbocycles. The first-order valence-corrected chi connectivity index (χ1v) is 6.70. The van der Waals surface area contributed by atoms with Gasteiger partial charge in [0.2, 0.25) is 0 Å². The van der Waals surface area contributed by atoms with Crippen molar-refractivity contribution in [2.24, 2.45) is 0 Å².